The first-order valence-electron chi connectivity index (χ1n) is 7.90. The quantitative estimate of drug-likeness (QED) is 0.311. The maximum Gasteiger partial charge on any atom is 0.283 e. The zero-order valence-corrected chi connectivity index (χ0v) is 18.1. The van der Waals surface area contributed by atoms with Crippen LogP contribution in [0.4, 0.5) is 0 Å². The monoisotopic (exact) mass is 492 g/mol. The first kappa shape index (κ1) is 22.0. The molecule has 0 saturated carbocycles. The average molecular weight is 494 g/mol. The number of rotatable bonds is 4. The van der Waals surface area contributed by atoms with Gasteiger partial charge in [-0.15, -0.1) is 0 Å². The summed E-state index contributed by atoms with van der Waals surface area (Å²) in [5.74, 6) is -1.26. The summed E-state index contributed by atoms with van der Waals surface area (Å²) in [6.45, 7) is 0. The predicted molar refractivity (Wildman–Crippen MR) is 114 cm³/mol. The SMILES string of the molecule is O=S(=O)(O)C(c1ccc(Cl)cc1O)(c1ccccc1Cl)c1ccc(Cl)c(Cl)c1O. The van der Waals surface area contributed by atoms with E-state index < -0.39 is 26.4 Å². The maximum absolute atomic E-state index is 13.0. The second-order valence-electron chi connectivity index (χ2n) is 6.06. The molecule has 0 aromatic heterocycles. The van der Waals surface area contributed by atoms with Gasteiger partial charge in [-0.2, -0.15) is 8.42 Å². The van der Waals surface area contributed by atoms with Crippen molar-refractivity contribution >= 4 is 56.5 Å². The number of phenolic OH excluding ortho intramolecular Hbond substituents is 2. The Morgan fingerprint density at radius 3 is 1.97 bits per heavy atom. The molecule has 0 radical (unpaired) electrons. The van der Waals surface area contributed by atoms with Gasteiger partial charge in [0.25, 0.3) is 10.1 Å². The van der Waals surface area contributed by atoms with Crippen LogP contribution in [-0.2, 0) is 14.9 Å². The summed E-state index contributed by atoms with van der Waals surface area (Å²) < 4.78 is 33.8. The van der Waals surface area contributed by atoms with Gasteiger partial charge in [-0.05, 0) is 24.3 Å². The van der Waals surface area contributed by atoms with Crippen molar-refractivity contribution in [2.45, 2.75) is 4.75 Å². The zero-order valence-electron chi connectivity index (χ0n) is 14.3. The highest BCUT2D eigenvalue weighted by Gasteiger charge is 2.53. The van der Waals surface area contributed by atoms with Crippen molar-refractivity contribution in [2.75, 3.05) is 0 Å². The minimum absolute atomic E-state index is 0.0448. The van der Waals surface area contributed by atoms with Crippen LogP contribution in [0.5, 0.6) is 11.5 Å². The Morgan fingerprint density at radius 2 is 1.38 bits per heavy atom. The van der Waals surface area contributed by atoms with Gasteiger partial charge in [0.1, 0.15) is 16.5 Å². The fourth-order valence-corrected chi connectivity index (χ4v) is 5.39. The molecule has 1 unspecified atom stereocenters. The Hall–Kier alpha value is -1.67. The van der Waals surface area contributed by atoms with Crippen molar-refractivity contribution in [1.82, 2.24) is 0 Å². The van der Waals surface area contributed by atoms with E-state index in [9.17, 15) is 23.2 Å². The van der Waals surface area contributed by atoms with E-state index in [4.69, 9.17) is 46.4 Å². The highest BCUT2D eigenvalue weighted by molar-refractivity contribution is 7.87. The summed E-state index contributed by atoms with van der Waals surface area (Å²) in [6.07, 6.45) is 0. The lowest BCUT2D eigenvalue weighted by molar-refractivity contribution is 0.428. The molecule has 152 valence electrons. The van der Waals surface area contributed by atoms with Gasteiger partial charge in [0.2, 0.25) is 0 Å². The highest BCUT2D eigenvalue weighted by atomic mass is 35.5. The van der Waals surface area contributed by atoms with E-state index in [1.165, 1.54) is 42.5 Å². The minimum Gasteiger partial charge on any atom is -0.508 e. The van der Waals surface area contributed by atoms with Gasteiger partial charge in [0.15, 0.2) is 4.75 Å². The van der Waals surface area contributed by atoms with Gasteiger partial charge in [-0.25, -0.2) is 0 Å². The predicted octanol–water partition coefficient (Wildman–Crippen LogP) is 5.89. The van der Waals surface area contributed by atoms with Gasteiger partial charge in [0, 0.05) is 26.7 Å². The molecule has 3 N–H and O–H groups in total. The van der Waals surface area contributed by atoms with Crippen molar-refractivity contribution in [3.63, 3.8) is 0 Å². The van der Waals surface area contributed by atoms with Crippen molar-refractivity contribution in [1.29, 1.82) is 0 Å². The Morgan fingerprint density at radius 1 is 0.759 bits per heavy atom. The number of halogens is 4. The molecule has 0 fully saturated rings. The lowest BCUT2D eigenvalue weighted by Crippen LogP contribution is -2.38. The third-order valence-electron chi connectivity index (χ3n) is 4.43. The smallest absolute Gasteiger partial charge is 0.283 e. The molecule has 0 spiro atoms. The molecule has 0 aliphatic carbocycles. The fourth-order valence-electron chi connectivity index (χ4n) is 3.23. The second kappa shape index (κ2) is 7.87. The van der Waals surface area contributed by atoms with Crippen molar-refractivity contribution in [2.24, 2.45) is 0 Å². The van der Waals surface area contributed by atoms with Crippen LogP contribution >= 0.6 is 46.4 Å². The normalized spacial score (nSPS) is 13.8. The van der Waals surface area contributed by atoms with E-state index in [-0.39, 0.29) is 36.8 Å². The molecule has 0 heterocycles. The summed E-state index contributed by atoms with van der Waals surface area (Å²) in [6, 6.07) is 11.8. The fraction of sp³-hybridized carbons (Fsp3) is 0.0526. The van der Waals surface area contributed by atoms with E-state index in [1.807, 2.05) is 0 Å². The maximum atomic E-state index is 13.0. The molecule has 0 aliphatic rings. The van der Waals surface area contributed by atoms with E-state index >= 15 is 0 Å². The molecular formula is C19H12Cl4O5S. The molecule has 3 rings (SSSR count). The van der Waals surface area contributed by atoms with E-state index in [0.29, 0.717) is 0 Å². The molecule has 0 bridgehead atoms. The standard InChI is InChI=1S/C19H12Cl4O5S/c20-10-5-6-12(16(24)9-10)19(29(26,27)28,11-3-1-2-4-14(11)21)13-7-8-15(22)17(23)18(13)25/h1-9,24-25H,(H,26,27,28). The third kappa shape index (κ3) is 3.54. The van der Waals surface area contributed by atoms with Crippen LogP contribution in [0.2, 0.25) is 20.1 Å². The number of hydrogen-bond donors (Lipinski definition) is 3. The Labute approximate surface area is 186 Å². The third-order valence-corrected chi connectivity index (χ3v) is 7.22. The number of aromatic hydroxyl groups is 2. The van der Waals surface area contributed by atoms with Crippen molar-refractivity contribution in [3.05, 3.63) is 91.4 Å². The number of phenols is 2. The van der Waals surface area contributed by atoms with Gasteiger partial charge in [-0.1, -0.05) is 76.7 Å². The Bertz CT molecular complexity index is 1210. The number of hydrogen-bond acceptors (Lipinski definition) is 4. The van der Waals surface area contributed by atoms with Crippen LogP contribution in [0.25, 0.3) is 0 Å². The summed E-state index contributed by atoms with van der Waals surface area (Å²) in [7, 11) is -5.14. The summed E-state index contributed by atoms with van der Waals surface area (Å²) in [5, 5.41) is 21.0. The lowest BCUT2D eigenvalue weighted by atomic mass is 9.83. The topological polar surface area (TPSA) is 94.8 Å². The minimum atomic E-state index is -5.14. The van der Waals surface area contributed by atoms with Gasteiger partial charge < -0.3 is 10.2 Å². The van der Waals surface area contributed by atoms with E-state index in [1.54, 1.807) is 6.07 Å². The van der Waals surface area contributed by atoms with Gasteiger partial charge in [-0.3, -0.25) is 4.55 Å². The molecule has 0 saturated heterocycles. The molecule has 3 aromatic rings. The van der Waals surface area contributed by atoms with Crippen molar-refractivity contribution < 1.29 is 23.2 Å². The Kier molecular flexibility index (Phi) is 5.98. The second-order valence-corrected chi connectivity index (χ2v) is 9.25. The summed E-state index contributed by atoms with van der Waals surface area (Å²) in [4.78, 5) is 0. The van der Waals surface area contributed by atoms with Crippen LogP contribution in [-0.4, -0.2) is 23.2 Å². The largest absolute Gasteiger partial charge is 0.508 e. The Balaban J connectivity index is 2.63. The van der Waals surface area contributed by atoms with E-state index in [0.717, 1.165) is 6.07 Å². The van der Waals surface area contributed by atoms with Crippen LogP contribution < -0.4 is 0 Å². The first-order valence-corrected chi connectivity index (χ1v) is 10.9. The zero-order chi connectivity index (χ0) is 21.6. The molecule has 5 nitrogen and oxygen atoms in total. The molecule has 1 atom stereocenters. The van der Waals surface area contributed by atoms with Crippen molar-refractivity contribution in [3.8, 4) is 11.5 Å². The van der Waals surface area contributed by atoms with Gasteiger partial charge in [0.05, 0.1) is 5.02 Å². The molecular weight excluding hydrogens is 482 g/mol. The summed E-state index contributed by atoms with van der Waals surface area (Å²) in [5.41, 5.74) is -0.790. The first-order chi connectivity index (χ1) is 13.5. The summed E-state index contributed by atoms with van der Waals surface area (Å²) >= 11 is 24.2. The van der Waals surface area contributed by atoms with Gasteiger partial charge >= 0.3 is 0 Å². The van der Waals surface area contributed by atoms with Crippen LogP contribution in [0.15, 0.2) is 54.6 Å². The van der Waals surface area contributed by atoms with Crippen LogP contribution in [0.1, 0.15) is 16.7 Å². The van der Waals surface area contributed by atoms with Crippen LogP contribution in [0.3, 0.4) is 0 Å². The van der Waals surface area contributed by atoms with Crippen LogP contribution in [0, 0.1) is 0 Å². The molecule has 3 aromatic carbocycles. The lowest BCUT2D eigenvalue weighted by Gasteiger charge is -2.34. The molecule has 0 amide bonds. The average Bonchev–Trinajstić information content (AvgIpc) is 2.63. The van der Waals surface area contributed by atoms with E-state index in [2.05, 4.69) is 0 Å². The molecule has 10 heteroatoms. The highest BCUT2D eigenvalue weighted by Crippen LogP contribution is 2.53. The number of benzene rings is 3. The molecule has 29 heavy (non-hydrogen) atoms. The molecule has 0 aliphatic heterocycles.